The van der Waals surface area contributed by atoms with E-state index < -0.39 is 11.6 Å². The number of aromatic nitrogens is 1. The van der Waals surface area contributed by atoms with Gasteiger partial charge in [0.25, 0.3) is 0 Å². The molecule has 0 bridgehead atoms. The predicted molar refractivity (Wildman–Crippen MR) is 86.0 cm³/mol. The molecule has 0 aliphatic carbocycles. The minimum absolute atomic E-state index is 0.311. The van der Waals surface area contributed by atoms with E-state index in [1.807, 2.05) is 26.8 Å². The Labute approximate surface area is 136 Å². The molecule has 2 heterocycles. The summed E-state index contributed by atoms with van der Waals surface area (Å²) < 4.78 is 10.1. The molecule has 124 valence electrons. The van der Waals surface area contributed by atoms with Crippen molar-refractivity contribution < 1.29 is 19.1 Å². The van der Waals surface area contributed by atoms with Crippen LogP contribution in [0, 0.1) is 0 Å². The van der Waals surface area contributed by atoms with Crippen LogP contribution in [0.5, 0.6) is 0 Å². The molecular weight excluding hydrogens is 296 g/mol. The summed E-state index contributed by atoms with van der Waals surface area (Å²) in [6, 6.07) is 1.76. The molecule has 2 rings (SSSR count). The zero-order valence-corrected chi connectivity index (χ0v) is 14.0. The molecule has 0 atom stereocenters. The van der Waals surface area contributed by atoms with Crippen LogP contribution < -0.4 is 0 Å². The van der Waals surface area contributed by atoms with Crippen LogP contribution >= 0.6 is 0 Å². The lowest BCUT2D eigenvalue weighted by Gasteiger charge is -2.29. The molecule has 1 aromatic heterocycles. The summed E-state index contributed by atoms with van der Waals surface area (Å²) in [5.74, 6) is -0.411. The second kappa shape index (κ2) is 6.81. The fourth-order valence-corrected chi connectivity index (χ4v) is 2.27. The third-order valence-electron chi connectivity index (χ3n) is 3.39. The summed E-state index contributed by atoms with van der Waals surface area (Å²) in [6.07, 6.45) is 5.53. The number of hydrogen-bond acceptors (Lipinski definition) is 5. The Hall–Kier alpha value is -2.37. The predicted octanol–water partition coefficient (Wildman–Crippen LogP) is 2.89. The third kappa shape index (κ3) is 4.55. The molecule has 6 nitrogen and oxygen atoms in total. The van der Waals surface area contributed by atoms with Crippen molar-refractivity contribution in [3.05, 3.63) is 35.7 Å². The van der Waals surface area contributed by atoms with Gasteiger partial charge in [-0.25, -0.2) is 9.59 Å². The SMILES string of the molecule is COC(=O)c1cncc(C2=CCN(C(=O)OC(C)(C)C)CC2)c1. The van der Waals surface area contributed by atoms with Crippen LogP contribution in [0.3, 0.4) is 0 Å². The fourth-order valence-electron chi connectivity index (χ4n) is 2.27. The second-order valence-corrected chi connectivity index (χ2v) is 6.36. The summed E-state index contributed by atoms with van der Waals surface area (Å²) >= 11 is 0. The van der Waals surface area contributed by atoms with E-state index in [9.17, 15) is 9.59 Å². The molecule has 0 unspecified atom stereocenters. The van der Waals surface area contributed by atoms with Crippen LogP contribution in [0.1, 0.15) is 43.1 Å². The van der Waals surface area contributed by atoms with Crippen LogP contribution in [-0.2, 0) is 9.47 Å². The van der Waals surface area contributed by atoms with Crippen molar-refractivity contribution in [3.63, 3.8) is 0 Å². The van der Waals surface area contributed by atoms with Gasteiger partial charge in [0.05, 0.1) is 12.7 Å². The quantitative estimate of drug-likeness (QED) is 0.784. The average molecular weight is 318 g/mol. The Morgan fingerprint density at radius 3 is 2.57 bits per heavy atom. The number of methoxy groups -OCH3 is 1. The summed E-state index contributed by atoms with van der Waals surface area (Å²) in [4.78, 5) is 29.4. The molecule has 0 spiro atoms. The van der Waals surface area contributed by atoms with Gasteiger partial charge in [0.15, 0.2) is 0 Å². The normalized spacial score (nSPS) is 15.0. The number of pyridine rings is 1. The molecule has 0 aromatic carbocycles. The van der Waals surface area contributed by atoms with E-state index in [0.717, 1.165) is 11.1 Å². The average Bonchev–Trinajstić information content (AvgIpc) is 2.53. The van der Waals surface area contributed by atoms with Gasteiger partial charge >= 0.3 is 12.1 Å². The molecule has 0 radical (unpaired) electrons. The van der Waals surface area contributed by atoms with E-state index in [1.54, 1.807) is 17.2 Å². The Morgan fingerprint density at radius 1 is 1.26 bits per heavy atom. The first kappa shape index (κ1) is 17.0. The number of carbonyl (C=O) groups excluding carboxylic acids is 2. The van der Waals surface area contributed by atoms with Gasteiger partial charge in [-0.15, -0.1) is 0 Å². The molecule has 0 fully saturated rings. The Balaban J connectivity index is 2.07. The summed E-state index contributed by atoms with van der Waals surface area (Å²) in [6.45, 7) is 6.59. The van der Waals surface area contributed by atoms with Gasteiger partial charge in [-0.2, -0.15) is 0 Å². The maximum absolute atomic E-state index is 12.0. The lowest BCUT2D eigenvalue weighted by molar-refractivity contribution is 0.0270. The van der Waals surface area contributed by atoms with Crippen LogP contribution in [0.4, 0.5) is 4.79 Å². The van der Waals surface area contributed by atoms with Crippen LogP contribution in [0.2, 0.25) is 0 Å². The number of carbonyl (C=O) groups is 2. The molecule has 0 saturated carbocycles. The van der Waals surface area contributed by atoms with Gasteiger partial charge in [0, 0.05) is 25.5 Å². The van der Waals surface area contributed by atoms with Gasteiger partial charge in [-0.1, -0.05) is 6.08 Å². The van der Waals surface area contributed by atoms with Crippen molar-refractivity contribution in [2.75, 3.05) is 20.2 Å². The van der Waals surface area contributed by atoms with Gasteiger partial charge in [0.1, 0.15) is 5.60 Å². The molecule has 1 aliphatic heterocycles. The fraction of sp³-hybridized carbons (Fsp3) is 0.471. The third-order valence-corrected chi connectivity index (χ3v) is 3.39. The molecule has 23 heavy (non-hydrogen) atoms. The topological polar surface area (TPSA) is 68.7 Å². The Kier molecular flexibility index (Phi) is 5.03. The van der Waals surface area contributed by atoms with E-state index >= 15 is 0 Å². The van der Waals surface area contributed by atoms with E-state index in [4.69, 9.17) is 9.47 Å². The van der Waals surface area contributed by atoms with Crippen LogP contribution in [0.15, 0.2) is 24.5 Å². The Morgan fingerprint density at radius 2 is 2.00 bits per heavy atom. The number of rotatable bonds is 2. The van der Waals surface area contributed by atoms with E-state index in [2.05, 4.69) is 4.98 Å². The van der Waals surface area contributed by atoms with Crippen molar-refractivity contribution in [3.8, 4) is 0 Å². The van der Waals surface area contributed by atoms with Crippen molar-refractivity contribution in [2.45, 2.75) is 32.8 Å². The lowest BCUT2D eigenvalue weighted by atomic mass is 10.00. The highest BCUT2D eigenvalue weighted by Crippen LogP contribution is 2.23. The van der Waals surface area contributed by atoms with Gasteiger partial charge in [0.2, 0.25) is 0 Å². The smallest absolute Gasteiger partial charge is 0.410 e. The zero-order valence-electron chi connectivity index (χ0n) is 14.0. The number of nitrogens with zero attached hydrogens (tertiary/aromatic N) is 2. The minimum Gasteiger partial charge on any atom is -0.465 e. The molecule has 1 aromatic rings. The van der Waals surface area contributed by atoms with Gasteiger partial charge < -0.3 is 14.4 Å². The second-order valence-electron chi connectivity index (χ2n) is 6.36. The van der Waals surface area contributed by atoms with E-state index in [0.29, 0.717) is 25.1 Å². The van der Waals surface area contributed by atoms with E-state index in [-0.39, 0.29) is 6.09 Å². The number of esters is 1. The highest BCUT2D eigenvalue weighted by molar-refractivity contribution is 5.90. The van der Waals surface area contributed by atoms with Gasteiger partial charge in [-0.05, 0) is 44.4 Å². The largest absolute Gasteiger partial charge is 0.465 e. The maximum Gasteiger partial charge on any atom is 0.410 e. The highest BCUT2D eigenvalue weighted by atomic mass is 16.6. The van der Waals surface area contributed by atoms with Crippen LogP contribution in [0.25, 0.3) is 5.57 Å². The molecule has 1 aliphatic rings. The Bertz CT molecular complexity index is 632. The summed E-state index contributed by atoms with van der Waals surface area (Å²) in [7, 11) is 1.34. The maximum atomic E-state index is 12.0. The van der Waals surface area contributed by atoms with Crippen LogP contribution in [-0.4, -0.2) is 47.7 Å². The molecule has 0 saturated heterocycles. The zero-order chi connectivity index (χ0) is 17.0. The number of amides is 1. The standard InChI is InChI=1S/C17H22N2O4/c1-17(2,3)23-16(21)19-7-5-12(6-8-19)13-9-14(11-18-10-13)15(20)22-4/h5,9-11H,6-8H2,1-4H3. The van der Waals surface area contributed by atoms with Crippen molar-refractivity contribution in [2.24, 2.45) is 0 Å². The monoisotopic (exact) mass is 318 g/mol. The van der Waals surface area contributed by atoms with Crippen molar-refractivity contribution >= 4 is 17.6 Å². The lowest BCUT2D eigenvalue weighted by Crippen LogP contribution is -2.39. The van der Waals surface area contributed by atoms with Gasteiger partial charge in [-0.3, -0.25) is 4.98 Å². The van der Waals surface area contributed by atoms with E-state index in [1.165, 1.54) is 13.3 Å². The number of ether oxygens (including phenoxy) is 2. The summed E-state index contributed by atoms with van der Waals surface area (Å²) in [5.41, 5.74) is 1.85. The molecule has 1 amide bonds. The molecule has 0 N–H and O–H groups in total. The first-order valence-corrected chi connectivity index (χ1v) is 7.51. The van der Waals surface area contributed by atoms with Crippen molar-refractivity contribution in [1.82, 2.24) is 9.88 Å². The first-order valence-electron chi connectivity index (χ1n) is 7.51. The number of hydrogen-bond donors (Lipinski definition) is 0. The molecule has 6 heteroatoms. The highest BCUT2D eigenvalue weighted by Gasteiger charge is 2.24. The first-order chi connectivity index (χ1) is 10.8. The van der Waals surface area contributed by atoms with Crippen molar-refractivity contribution in [1.29, 1.82) is 0 Å². The molecular formula is C17H22N2O4. The minimum atomic E-state index is -0.500. The summed E-state index contributed by atoms with van der Waals surface area (Å²) in [5, 5.41) is 0.